The van der Waals surface area contributed by atoms with Gasteiger partial charge in [-0.05, 0) is 35.4 Å². The summed E-state index contributed by atoms with van der Waals surface area (Å²) in [5.41, 5.74) is 1.48. The summed E-state index contributed by atoms with van der Waals surface area (Å²) in [6, 6.07) is 9.16. The first-order valence-electron chi connectivity index (χ1n) is 7.93. The van der Waals surface area contributed by atoms with Crippen LogP contribution in [-0.2, 0) is 12.8 Å². The molecule has 0 saturated carbocycles. The Bertz CT molecular complexity index is 1140. The van der Waals surface area contributed by atoms with Crippen LogP contribution in [0.4, 0.5) is 0 Å². The zero-order valence-electron chi connectivity index (χ0n) is 13.9. The van der Waals surface area contributed by atoms with E-state index in [0.717, 1.165) is 6.07 Å². The van der Waals surface area contributed by atoms with Crippen molar-refractivity contribution in [3.63, 3.8) is 0 Å². The Morgan fingerprint density at radius 1 is 0.963 bits per heavy atom. The zero-order chi connectivity index (χ0) is 19.6. The fourth-order valence-electron chi connectivity index (χ4n) is 2.73. The lowest BCUT2D eigenvalue weighted by atomic mass is 10.0. The van der Waals surface area contributed by atoms with Gasteiger partial charge in [-0.3, -0.25) is 9.59 Å². The molecule has 27 heavy (non-hydrogen) atoms. The van der Waals surface area contributed by atoms with E-state index in [1.807, 2.05) is 0 Å². The number of H-pyrrole nitrogens is 2. The Labute approximate surface area is 163 Å². The van der Waals surface area contributed by atoms with Crippen molar-refractivity contribution in [1.82, 2.24) is 9.97 Å². The molecule has 3 rings (SSSR count). The van der Waals surface area contributed by atoms with Crippen LogP contribution in [-0.4, -0.2) is 21.0 Å². The van der Waals surface area contributed by atoms with E-state index >= 15 is 0 Å². The fourth-order valence-corrected chi connectivity index (χ4v) is 3.23. The molecule has 0 saturated heterocycles. The van der Waals surface area contributed by atoms with Crippen LogP contribution in [0.25, 0.3) is 0 Å². The second kappa shape index (κ2) is 7.82. The van der Waals surface area contributed by atoms with Gasteiger partial charge in [-0.25, -0.2) is 4.79 Å². The molecule has 0 spiro atoms. The maximum Gasteiger partial charge on any atom is 0.335 e. The van der Waals surface area contributed by atoms with Crippen molar-refractivity contribution in [3.8, 4) is 0 Å². The quantitative estimate of drug-likeness (QED) is 0.606. The summed E-state index contributed by atoms with van der Waals surface area (Å²) in [5, 5.41) is 9.90. The Kier molecular flexibility index (Phi) is 5.48. The third-order valence-corrected chi connectivity index (χ3v) is 4.73. The highest BCUT2D eigenvalue weighted by atomic mass is 35.5. The molecule has 0 radical (unpaired) electrons. The third-order valence-electron chi connectivity index (χ3n) is 4.02. The molecular weight excluding hydrogens is 391 g/mol. The van der Waals surface area contributed by atoms with Crippen LogP contribution in [0, 0.1) is 0 Å². The van der Waals surface area contributed by atoms with Crippen LogP contribution in [0.3, 0.4) is 0 Å². The van der Waals surface area contributed by atoms with E-state index in [1.165, 1.54) is 6.07 Å². The van der Waals surface area contributed by atoms with E-state index < -0.39 is 11.5 Å². The molecule has 1 aromatic carbocycles. The number of aromatic nitrogens is 2. The first kappa shape index (κ1) is 18.9. The lowest BCUT2D eigenvalue weighted by Gasteiger charge is -2.10. The Balaban J connectivity index is 1.92. The number of carbonyl (C=O) groups is 1. The van der Waals surface area contributed by atoms with Gasteiger partial charge in [-0.2, -0.15) is 0 Å². The number of rotatable bonds is 5. The van der Waals surface area contributed by atoms with E-state index in [0.29, 0.717) is 38.9 Å². The molecule has 138 valence electrons. The molecule has 3 N–H and O–H groups in total. The number of aromatic amines is 2. The van der Waals surface area contributed by atoms with Gasteiger partial charge in [0.2, 0.25) is 5.56 Å². The predicted octanol–water partition coefficient (Wildman–Crippen LogP) is 3.25. The van der Waals surface area contributed by atoms with E-state index in [1.54, 1.807) is 30.5 Å². The highest BCUT2D eigenvalue weighted by Gasteiger charge is 2.12. The van der Waals surface area contributed by atoms with Crippen LogP contribution in [0.1, 0.15) is 32.7 Å². The van der Waals surface area contributed by atoms with Crippen molar-refractivity contribution in [2.24, 2.45) is 0 Å². The first-order chi connectivity index (χ1) is 12.8. The Hall–Kier alpha value is -2.83. The molecule has 8 heteroatoms. The fraction of sp³-hybridized carbons (Fsp3) is 0.105. The predicted molar refractivity (Wildman–Crippen MR) is 103 cm³/mol. The largest absolute Gasteiger partial charge is 0.478 e. The average molecular weight is 405 g/mol. The highest BCUT2D eigenvalue weighted by molar-refractivity contribution is 6.34. The highest BCUT2D eigenvalue weighted by Crippen LogP contribution is 2.28. The number of halogens is 2. The van der Waals surface area contributed by atoms with Gasteiger partial charge in [0.05, 0.1) is 5.56 Å². The second-order valence-electron chi connectivity index (χ2n) is 5.98. The smallest absolute Gasteiger partial charge is 0.335 e. The number of aromatic carboxylic acids is 1. The lowest BCUT2D eigenvalue weighted by molar-refractivity contribution is 0.0696. The van der Waals surface area contributed by atoms with Gasteiger partial charge in [0, 0.05) is 46.4 Å². The summed E-state index contributed by atoms with van der Waals surface area (Å²) in [4.78, 5) is 39.8. The van der Waals surface area contributed by atoms with Crippen molar-refractivity contribution in [2.75, 3.05) is 0 Å². The number of hydrogen-bond acceptors (Lipinski definition) is 3. The summed E-state index contributed by atoms with van der Waals surface area (Å²) in [6.07, 6.45) is 2.08. The topological polar surface area (TPSA) is 103 Å². The van der Waals surface area contributed by atoms with Gasteiger partial charge in [-0.1, -0.05) is 29.3 Å². The van der Waals surface area contributed by atoms with Gasteiger partial charge in [0.1, 0.15) is 0 Å². The van der Waals surface area contributed by atoms with Gasteiger partial charge >= 0.3 is 5.97 Å². The molecule has 0 fully saturated rings. The summed E-state index contributed by atoms with van der Waals surface area (Å²) in [7, 11) is 0. The van der Waals surface area contributed by atoms with Gasteiger partial charge < -0.3 is 15.1 Å². The van der Waals surface area contributed by atoms with Gasteiger partial charge in [0.25, 0.3) is 5.56 Å². The minimum atomic E-state index is -1.19. The normalized spacial score (nSPS) is 10.7. The van der Waals surface area contributed by atoms with E-state index in [9.17, 15) is 14.4 Å². The monoisotopic (exact) mass is 404 g/mol. The number of benzene rings is 1. The number of nitrogens with one attached hydrogen (secondary N) is 2. The minimum Gasteiger partial charge on any atom is -0.478 e. The third kappa shape index (κ3) is 4.48. The van der Waals surface area contributed by atoms with Crippen LogP contribution in [0.5, 0.6) is 0 Å². The molecule has 0 unspecified atom stereocenters. The lowest BCUT2D eigenvalue weighted by Crippen LogP contribution is -2.13. The van der Waals surface area contributed by atoms with Crippen LogP contribution < -0.4 is 11.1 Å². The molecule has 0 aliphatic carbocycles. The van der Waals surface area contributed by atoms with Crippen LogP contribution in [0.15, 0.2) is 52.2 Å². The Morgan fingerprint density at radius 2 is 1.63 bits per heavy atom. The molecule has 6 nitrogen and oxygen atoms in total. The molecule has 0 aliphatic rings. The molecule has 2 aromatic heterocycles. The first-order valence-corrected chi connectivity index (χ1v) is 8.69. The van der Waals surface area contributed by atoms with E-state index in [4.69, 9.17) is 28.3 Å². The molecule has 0 atom stereocenters. The summed E-state index contributed by atoms with van der Waals surface area (Å²) >= 11 is 12.7. The van der Waals surface area contributed by atoms with Crippen LogP contribution >= 0.6 is 23.2 Å². The van der Waals surface area contributed by atoms with Crippen molar-refractivity contribution < 1.29 is 9.90 Å². The van der Waals surface area contributed by atoms with E-state index in [2.05, 4.69) is 9.97 Å². The van der Waals surface area contributed by atoms with Crippen molar-refractivity contribution in [1.29, 1.82) is 0 Å². The minimum absolute atomic E-state index is 0.101. The number of carboxylic acid groups (broad SMARTS) is 1. The van der Waals surface area contributed by atoms with Crippen molar-refractivity contribution in [2.45, 2.75) is 12.8 Å². The Morgan fingerprint density at radius 3 is 2.26 bits per heavy atom. The SMILES string of the molecule is O=C(O)c1cc(Cc2cc(Cl)c(Cc3ccc[nH]c3=O)cc2Cl)[nH]c(=O)c1. The van der Waals surface area contributed by atoms with Gasteiger partial charge in [-0.15, -0.1) is 0 Å². The summed E-state index contributed by atoms with van der Waals surface area (Å²) in [5.74, 6) is -1.19. The standard InChI is InChI=1S/C19H14Cl2N2O4/c20-15-8-12(5-14-6-13(19(26)27)9-17(24)23-14)16(21)7-11(15)4-10-2-1-3-22-18(10)25/h1-3,6-9H,4-5H2,(H,22,25)(H,23,24)(H,26,27). The summed E-state index contributed by atoms with van der Waals surface area (Å²) < 4.78 is 0. The van der Waals surface area contributed by atoms with Crippen molar-refractivity contribution in [3.05, 3.63) is 101 Å². The molecule has 3 aromatic rings. The average Bonchev–Trinajstić information content (AvgIpc) is 2.60. The van der Waals surface area contributed by atoms with Gasteiger partial charge in [0.15, 0.2) is 0 Å². The number of pyridine rings is 2. The maximum absolute atomic E-state index is 11.8. The molecular formula is C19H14Cl2N2O4. The maximum atomic E-state index is 11.8. The second-order valence-corrected chi connectivity index (χ2v) is 6.79. The summed E-state index contributed by atoms with van der Waals surface area (Å²) in [6.45, 7) is 0. The molecule has 0 bridgehead atoms. The number of carboxylic acids is 1. The molecule has 2 heterocycles. The van der Waals surface area contributed by atoms with Crippen LogP contribution in [0.2, 0.25) is 10.0 Å². The zero-order valence-corrected chi connectivity index (χ0v) is 15.4. The van der Waals surface area contributed by atoms with Crippen molar-refractivity contribution >= 4 is 29.2 Å². The van der Waals surface area contributed by atoms with E-state index in [-0.39, 0.29) is 17.5 Å². The molecule has 0 amide bonds. The number of hydrogen-bond donors (Lipinski definition) is 3. The molecule has 0 aliphatic heterocycles.